The van der Waals surface area contributed by atoms with Crippen molar-refractivity contribution in [1.29, 1.82) is 0 Å². The summed E-state index contributed by atoms with van der Waals surface area (Å²) in [6.07, 6.45) is 4.22. The second-order valence-corrected chi connectivity index (χ2v) is 9.28. The van der Waals surface area contributed by atoms with Crippen molar-refractivity contribution in [2.75, 3.05) is 11.6 Å². The maximum absolute atomic E-state index is 12.7. The van der Waals surface area contributed by atoms with E-state index in [1.165, 1.54) is 18.4 Å². The van der Waals surface area contributed by atoms with Crippen LogP contribution >= 0.6 is 11.6 Å². The lowest BCUT2D eigenvalue weighted by Crippen LogP contribution is -2.11. The number of anilines is 1. The molecule has 4 rings (SSSR count). The Bertz CT molecular complexity index is 1330. The Hall–Kier alpha value is -3.42. The summed E-state index contributed by atoms with van der Waals surface area (Å²) < 4.78 is 28.6. The lowest BCUT2D eigenvalue weighted by Gasteiger charge is -2.10. The minimum atomic E-state index is -3.29. The van der Waals surface area contributed by atoms with Crippen molar-refractivity contribution < 1.29 is 17.6 Å². The zero-order chi connectivity index (χ0) is 22.0. The molecule has 0 aliphatic heterocycles. The van der Waals surface area contributed by atoms with Gasteiger partial charge in [0, 0.05) is 33.7 Å². The summed E-state index contributed by atoms with van der Waals surface area (Å²) in [6, 6.07) is 18.4. The molecular weight excluding hydrogens is 436 g/mol. The fourth-order valence-corrected chi connectivity index (χ4v) is 3.89. The second-order valence-electron chi connectivity index (χ2n) is 6.86. The van der Waals surface area contributed by atoms with Crippen LogP contribution in [-0.4, -0.2) is 25.6 Å². The first kappa shape index (κ1) is 20.8. The Balaban J connectivity index is 1.55. The number of carbonyl (C=O) groups excluding carboxylic acids is 1. The van der Waals surface area contributed by atoms with E-state index in [9.17, 15) is 13.2 Å². The zero-order valence-electron chi connectivity index (χ0n) is 16.4. The van der Waals surface area contributed by atoms with Crippen LogP contribution in [0.3, 0.4) is 0 Å². The molecule has 0 spiro atoms. The van der Waals surface area contributed by atoms with Crippen LogP contribution in [0.1, 0.15) is 10.4 Å². The first-order valence-electron chi connectivity index (χ1n) is 9.22. The summed E-state index contributed by atoms with van der Waals surface area (Å²) in [5, 5.41) is 3.30. The van der Waals surface area contributed by atoms with Crippen molar-refractivity contribution in [3.05, 3.63) is 89.8 Å². The van der Waals surface area contributed by atoms with E-state index >= 15 is 0 Å². The van der Waals surface area contributed by atoms with Gasteiger partial charge in [0.2, 0.25) is 5.89 Å². The van der Waals surface area contributed by atoms with Crippen LogP contribution in [0.15, 0.2) is 88.5 Å². The first-order valence-corrected chi connectivity index (χ1v) is 11.5. The number of carbonyl (C=O) groups is 1. The van der Waals surface area contributed by atoms with Crippen LogP contribution in [0.4, 0.5) is 5.69 Å². The van der Waals surface area contributed by atoms with Crippen LogP contribution < -0.4 is 5.32 Å². The highest BCUT2D eigenvalue weighted by Gasteiger charge is 2.13. The number of hydrogen-bond donors (Lipinski definition) is 1. The summed E-state index contributed by atoms with van der Waals surface area (Å²) in [5.41, 5.74) is 3.18. The van der Waals surface area contributed by atoms with Crippen LogP contribution in [-0.2, 0) is 9.84 Å². The van der Waals surface area contributed by atoms with E-state index in [1.54, 1.807) is 60.8 Å². The highest BCUT2D eigenvalue weighted by Crippen LogP contribution is 2.30. The predicted molar refractivity (Wildman–Crippen MR) is 120 cm³/mol. The largest absolute Gasteiger partial charge is 0.445 e. The summed E-state index contributed by atoms with van der Waals surface area (Å²) in [5.74, 6) is 0.205. The molecule has 0 bridgehead atoms. The molecule has 1 N–H and O–H groups in total. The highest BCUT2D eigenvalue weighted by molar-refractivity contribution is 7.90. The van der Waals surface area contributed by atoms with E-state index in [2.05, 4.69) is 10.3 Å². The number of oxazole rings is 1. The molecule has 156 valence electrons. The molecule has 0 aliphatic carbocycles. The van der Waals surface area contributed by atoms with E-state index in [1.807, 2.05) is 0 Å². The van der Waals surface area contributed by atoms with Gasteiger partial charge in [-0.2, -0.15) is 0 Å². The Labute approximate surface area is 184 Å². The molecule has 1 aromatic heterocycles. The molecular formula is C23H17ClN2O4S. The topological polar surface area (TPSA) is 89.3 Å². The van der Waals surface area contributed by atoms with Gasteiger partial charge in [0.05, 0.1) is 11.1 Å². The van der Waals surface area contributed by atoms with Gasteiger partial charge in [0.25, 0.3) is 5.91 Å². The molecule has 0 atom stereocenters. The summed E-state index contributed by atoms with van der Waals surface area (Å²) in [4.78, 5) is 17.1. The number of halogens is 1. The van der Waals surface area contributed by atoms with Crippen molar-refractivity contribution in [2.45, 2.75) is 4.90 Å². The minimum Gasteiger partial charge on any atom is -0.445 e. The molecule has 0 aliphatic rings. The lowest BCUT2D eigenvalue weighted by molar-refractivity contribution is 0.102. The molecule has 4 aromatic rings. The average Bonchev–Trinajstić information content (AvgIpc) is 3.29. The quantitative estimate of drug-likeness (QED) is 0.442. The minimum absolute atomic E-state index is 0.217. The summed E-state index contributed by atoms with van der Waals surface area (Å²) in [6.45, 7) is 0. The van der Waals surface area contributed by atoms with Crippen LogP contribution in [0, 0.1) is 0 Å². The number of sulfone groups is 1. The first-order chi connectivity index (χ1) is 14.8. The Morgan fingerprint density at radius 3 is 2.26 bits per heavy atom. The third-order valence-corrected chi connectivity index (χ3v) is 6.10. The fourth-order valence-electron chi connectivity index (χ4n) is 3.03. The number of rotatable bonds is 5. The van der Waals surface area contributed by atoms with Crippen molar-refractivity contribution >= 4 is 33.0 Å². The number of amides is 1. The van der Waals surface area contributed by atoms with Gasteiger partial charge in [-0.15, -0.1) is 0 Å². The number of nitrogens with one attached hydrogen (secondary N) is 1. The van der Waals surface area contributed by atoms with E-state index in [0.717, 1.165) is 11.8 Å². The van der Waals surface area contributed by atoms with E-state index in [4.69, 9.17) is 16.0 Å². The van der Waals surface area contributed by atoms with Crippen molar-refractivity contribution in [3.63, 3.8) is 0 Å². The number of nitrogens with zero attached hydrogens (tertiary/aromatic N) is 1. The lowest BCUT2D eigenvalue weighted by atomic mass is 10.0. The Morgan fingerprint density at radius 1 is 0.968 bits per heavy atom. The molecule has 8 heteroatoms. The standard InChI is InChI=1S/C23H17ClN2O4S/c1-31(28,29)19-9-4-15(5-10-19)20-14-17(6-11-21(20)24)22(27)26-18-7-2-16(3-8-18)23-25-12-13-30-23/h2-14H,1H3,(H,26,27). The molecule has 31 heavy (non-hydrogen) atoms. The molecule has 3 aromatic carbocycles. The van der Waals surface area contributed by atoms with E-state index in [0.29, 0.717) is 33.3 Å². The monoisotopic (exact) mass is 452 g/mol. The maximum Gasteiger partial charge on any atom is 0.255 e. The van der Waals surface area contributed by atoms with Crippen LogP contribution in [0.25, 0.3) is 22.6 Å². The third-order valence-electron chi connectivity index (χ3n) is 4.64. The van der Waals surface area contributed by atoms with Gasteiger partial charge in [-0.25, -0.2) is 13.4 Å². The molecule has 1 amide bonds. The maximum atomic E-state index is 12.7. The highest BCUT2D eigenvalue weighted by atomic mass is 35.5. The molecule has 0 fully saturated rings. The number of aromatic nitrogens is 1. The smallest absolute Gasteiger partial charge is 0.255 e. The zero-order valence-corrected chi connectivity index (χ0v) is 17.9. The molecule has 0 unspecified atom stereocenters. The molecule has 0 radical (unpaired) electrons. The van der Waals surface area contributed by atoms with Gasteiger partial charge in [-0.3, -0.25) is 4.79 Å². The SMILES string of the molecule is CS(=O)(=O)c1ccc(-c2cc(C(=O)Nc3ccc(-c4ncco4)cc3)ccc2Cl)cc1. The van der Waals surface area contributed by atoms with Gasteiger partial charge < -0.3 is 9.73 Å². The van der Waals surface area contributed by atoms with Gasteiger partial charge in [0.15, 0.2) is 9.84 Å². The molecule has 0 saturated heterocycles. The number of benzene rings is 3. The fraction of sp³-hybridized carbons (Fsp3) is 0.0435. The van der Waals surface area contributed by atoms with Gasteiger partial charge >= 0.3 is 0 Å². The average molecular weight is 453 g/mol. The van der Waals surface area contributed by atoms with Gasteiger partial charge in [-0.05, 0) is 60.2 Å². The van der Waals surface area contributed by atoms with Crippen molar-refractivity contribution in [1.82, 2.24) is 4.98 Å². The Kier molecular flexibility index (Phi) is 5.63. The Morgan fingerprint density at radius 2 is 1.65 bits per heavy atom. The number of hydrogen-bond acceptors (Lipinski definition) is 5. The normalized spacial score (nSPS) is 11.3. The van der Waals surface area contributed by atoms with Gasteiger partial charge in [-0.1, -0.05) is 23.7 Å². The van der Waals surface area contributed by atoms with Crippen molar-refractivity contribution in [3.8, 4) is 22.6 Å². The van der Waals surface area contributed by atoms with E-state index in [-0.39, 0.29) is 10.8 Å². The third kappa shape index (κ3) is 4.68. The van der Waals surface area contributed by atoms with Crippen molar-refractivity contribution in [2.24, 2.45) is 0 Å². The van der Waals surface area contributed by atoms with Gasteiger partial charge in [0.1, 0.15) is 6.26 Å². The summed E-state index contributed by atoms with van der Waals surface area (Å²) >= 11 is 6.33. The molecule has 0 saturated carbocycles. The summed E-state index contributed by atoms with van der Waals surface area (Å²) in [7, 11) is -3.29. The van der Waals surface area contributed by atoms with Crippen LogP contribution in [0.2, 0.25) is 5.02 Å². The second kappa shape index (κ2) is 8.37. The molecule has 1 heterocycles. The molecule has 6 nitrogen and oxygen atoms in total. The van der Waals surface area contributed by atoms with E-state index < -0.39 is 9.84 Å². The van der Waals surface area contributed by atoms with Crippen LogP contribution in [0.5, 0.6) is 0 Å². The predicted octanol–water partition coefficient (Wildman–Crippen LogP) is 5.32.